The van der Waals surface area contributed by atoms with Crippen LogP contribution in [0.25, 0.3) is 17.2 Å². The van der Waals surface area contributed by atoms with Crippen molar-refractivity contribution in [2.75, 3.05) is 0 Å². The molecule has 0 radical (unpaired) electrons. The second kappa shape index (κ2) is 7.44. The molecular weight excluding hydrogens is 414 g/mol. The van der Waals surface area contributed by atoms with E-state index >= 15 is 0 Å². The number of halogens is 2. The molecule has 1 aliphatic heterocycles. The first-order valence-corrected chi connectivity index (χ1v) is 11.1. The lowest BCUT2D eigenvalue weighted by molar-refractivity contribution is -0.193. The van der Waals surface area contributed by atoms with Gasteiger partial charge >= 0.3 is 5.97 Å². The van der Waals surface area contributed by atoms with Gasteiger partial charge in [-0.1, -0.05) is 25.1 Å². The van der Waals surface area contributed by atoms with E-state index in [1.165, 1.54) is 6.92 Å². The molecule has 0 amide bonds. The van der Waals surface area contributed by atoms with Crippen molar-refractivity contribution in [3.8, 4) is 11.1 Å². The van der Waals surface area contributed by atoms with E-state index in [4.69, 9.17) is 4.74 Å². The Morgan fingerprint density at radius 1 is 1.19 bits per heavy atom. The van der Waals surface area contributed by atoms with Crippen LogP contribution in [0.15, 0.2) is 42.7 Å². The molecule has 2 aliphatic carbocycles. The first-order valence-electron chi connectivity index (χ1n) is 11.1. The molecule has 3 fully saturated rings. The van der Waals surface area contributed by atoms with Crippen LogP contribution in [0.3, 0.4) is 0 Å². The first kappa shape index (κ1) is 21.2. The average Bonchev–Trinajstić information content (AvgIpc) is 3.57. The van der Waals surface area contributed by atoms with Gasteiger partial charge in [-0.2, -0.15) is 0 Å². The number of rotatable bonds is 4. The maximum absolute atomic E-state index is 14.7. The summed E-state index contributed by atoms with van der Waals surface area (Å²) in [6.07, 6.45) is 7.68. The molecule has 0 bridgehead atoms. The van der Waals surface area contributed by atoms with Crippen molar-refractivity contribution >= 4 is 12.0 Å². The molecule has 0 spiro atoms. The number of cyclic esters (lactones) is 1. The predicted molar refractivity (Wildman–Crippen MR) is 115 cm³/mol. The maximum Gasteiger partial charge on any atom is 0.339 e. The minimum absolute atomic E-state index is 0.511. The van der Waals surface area contributed by atoms with Gasteiger partial charge in [-0.15, -0.1) is 0 Å². The number of fused-ring (bicyclic) bond motifs is 1. The van der Waals surface area contributed by atoms with Crippen LogP contribution in [-0.2, 0) is 9.53 Å². The lowest BCUT2D eigenvalue weighted by atomic mass is 9.62. The molecule has 2 aromatic heterocycles. The average molecular weight is 440 g/mol. The first-order chi connectivity index (χ1) is 15.2. The summed E-state index contributed by atoms with van der Waals surface area (Å²) in [5.74, 6) is -6.12. The van der Waals surface area contributed by atoms with Crippen molar-refractivity contribution in [1.29, 1.82) is 0 Å². The van der Waals surface area contributed by atoms with Crippen LogP contribution in [0, 0.1) is 17.8 Å². The highest BCUT2D eigenvalue weighted by atomic mass is 19.3. The smallest absolute Gasteiger partial charge is 0.339 e. The Bertz CT molecular complexity index is 1070. The monoisotopic (exact) mass is 440 g/mol. The third kappa shape index (κ3) is 3.43. The van der Waals surface area contributed by atoms with Crippen molar-refractivity contribution in [2.24, 2.45) is 17.8 Å². The van der Waals surface area contributed by atoms with Gasteiger partial charge in [0.15, 0.2) is 5.60 Å². The number of carbonyl (C=O) groups is 1. The molecule has 1 N–H and O–H groups in total. The van der Waals surface area contributed by atoms with Crippen LogP contribution < -0.4 is 0 Å². The summed E-state index contributed by atoms with van der Waals surface area (Å²) in [7, 11) is 0. The Morgan fingerprint density at radius 2 is 1.97 bits per heavy atom. The summed E-state index contributed by atoms with van der Waals surface area (Å²) in [6, 6.07) is 7.74. The molecule has 0 unspecified atom stereocenters. The largest absolute Gasteiger partial charge is 0.460 e. The van der Waals surface area contributed by atoms with Crippen molar-refractivity contribution in [2.45, 2.75) is 56.7 Å². The lowest BCUT2D eigenvalue weighted by Gasteiger charge is -2.45. The van der Waals surface area contributed by atoms with E-state index in [9.17, 15) is 18.7 Å². The molecule has 5 atom stereocenters. The van der Waals surface area contributed by atoms with Gasteiger partial charge in [-0.25, -0.2) is 13.6 Å². The van der Waals surface area contributed by atoms with E-state index in [1.807, 2.05) is 30.5 Å². The van der Waals surface area contributed by atoms with Gasteiger partial charge in [-0.05, 0) is 43.9 Å². The van der Waals surface area contributed by atoms with Crippen LogP contribution in [0.1, 0.15) is 50.4 Å². The normalized spacial score (nSPS) is 33.8. The second-order valence-electron chi connectivity index (χ2n) is 9.41. The Hall–Kier alpha value is -2.67. The Kier molecular flexibility index (Phi) is 4.93. The van der Waals surface area contributed by atoms with E-state index in [0.29, 0.717) is 11.6 Å². The molecule has 5 nitrogen and oxygen atoms in total. The van der Waals surface area contributed by atoms with Gasteiger partial charge in [0.05, 0.1) is 17.8 Å². The number of ether oxygens (including phenoxy) is 1. The standard InChI is InChI=1S/C25H26F2N2O3/c1-14-19(21-15(2)32-23(30)24(21,31)13-25(14,26)27)10-9-18-8-7-17(12-29-18)20-4-3-11-28-22(20)16-5-6-16/h3-4,7-12,14-16,19,21,31H,5-6,13H2,1-2H3/b10-9+/t14-,15+,19-,21-,24-/m0/s1. The van der Waals surface area contributed by atoms with E-state index in [-0.39, 0.29) is 0 Å². The fourth-order valence-electron chi connectivity index (χ4n) is 5.31. The fourth-order valence-corrected chi connectivity index (χ4v) is 5.31. The Labute approximate surface area is 185 Å². The summed E-state index contributed by atoms with van der Waals surface area (Å²) >= 11 is 0. The highest BCUT2D eigenvalue weighted by Gasteiger charge is 2.67. The summed E-state index contributed by atoms with van der Waals surface area (Å²) in [5, 5.41) is 10.8. The number of carbonyl (C=O) groups excluding carboxylic acids is 1. The molecule has 2 saturated carbocycles. The molecule has 32 heavy (non-hydrogen) atoms. The van der Waals surface area contributed by atoms with Crippen molar-refractivity contribution < 1.29 is 23.4 Å². The molecule has 5 rings (SSSR count). The van der Waals surface area contributed by atoms with Crippen molar-refractivity contribution in [3.63, 3.8) is 0 Å². The number of hydrogen-bond acceptors (Lipinski definition) is 5. The number of aromatic nitrogens is 2. The molecule has 168 valence electrons. The second-order valence-corrected chi connectivity index (χ2v) is 9.41. The van der Waals surface area contributed by atoms with Gasteiger partial charge in [0.1, 0.15) is 6.10 Å². The van der Waals surface area contributed by atoms with Gasteiger partial charge < -0.3 is 9.84 Å². The van der Waals surface area contributed by atoms with Gasteiger partial charge in [0.2, 0.25) is 0 Å². The van der Waals surface area contributed by atoms with E-state index < -0.39 is 47.8 Å². The molecular formula is C25H26F2N2O3. The number of hydrogen-bond donors (Lipinski definition) is 1. The SMILES string of the molecule is C[C@H]1OC(=O)[C@]2(O)CC(F)(F)[C@@H](C)[C@H](/C=C/c3ccc(-c4cccnc4C4CC4)cn3)[C@H]12. The van der Waals surface area contributed by atoms with E-state index in [1.54, 1.807) is 25.3 Å². The molecule has 3 heterocycles. The fraction of sp³-hybridized carbons (Fsp3) is 0.480. The molecule has 1 saturated heterocycles. The zero-order chi connectivity index (χ0) is 22.7. The number of aliphatic hydroxyl groups is 1. The highest BCUT2D eigenvalue weighted by molar-refractivity contribution is 5.83. The van der Waals surface area contributed by atoms with E-state index in [0.717, 1.165) is 29.7 Å². The lowest BCUT2D eigenvalue weighted by Crippen LogP contribution is -2.57. The minimum atomic E-state index is -3.18. The van der Waals surface area contributed by atoms with Crippen LogP contribution in [0.4, 0.5) is 8.78 Å². The van der Waals surface area contributed by atoms with Crippen molar-refractivity contribution in [1.82, 2.24) is 9.97 Å². The van der Waals surface area contributed by atoms with Crippen LogP contribution in [0.5, 0.6) is 0 Å². The van der Waals surface area contributed by atoms with Crippen LogP contribution in [0.2, 0.25) is 0 Å². The summed E-state index contributed by atoms with van der Waals surface area (Å²) in [4.78, 5) is 21.2. The molecule has 0 aromatic carbocycles. The number of pyridine rings is 2. The summed E-state index contributed by atoms with van der Waals surface area (Å²) < 4.78 is 34.5. The van der Waals surface area contributed by atoms with Crippen molar-refractivity contribution in [3.05, 3.63) is 54.1 Å². The number of nitrogens with zero attached hydrogens (tertiary/aromatic N) is 2. The third-order valence-electron chi connectivity index (χ3n) is 7.26. The molecule has 7 heteroatoms. The van der Waals surface area contributed by atoms with Gasteiger partial charge in [-0.3, -0.25) is 9.97 Å². The highest BCUT2D eigenvalue weighted by Crippen LogP contribution is 2.54. The topological polar surface area (TPSA) is 72.3 Å². The van der Waals surface area contributed by atoms with Crippen LogP contribution >= 0.6 is 0 Å². The summed E-state index contributed by atoms with van der Waals surface area (Å²) in [6.45, 7) is 3.11. The summed E-state index contributed by atoms with van der Waals surface area (Å²) in [5.41, 5.74) is 1.58. The minimum Gasteiger partial charge on any atom is -0.460 e. The quantitative estimate of drug-likeness (QED) is 0.703. The zero-order valence-electron chi connectivity index (χ0n) is 18.0. The van der Waals surface area contributed by atoms with Gasteiger partial charge in [0.25, 0.3) is 5.92 Å². The predicted octanol–water partition coefficient (Wildman–Crippen LogP) is 4.62. The number of allylic oxidation sites excluding steroid dienone is 1. The number of esters is 1. The zero-order valence-corrected chi connectivity index (χ0v) is 18.0. The maximum atomic E-state index is 14.7. The molecule has 2 aromatic rings. The Balaban J connectivity index is 1.41. The Morgan fingerprint density at radius 3 is 2.66 bits per heavy atom. The van der Waals surface area contributed by atoms with E-state index in [2.05, 4.69) is 9.97 Å². The van der Waals surface area contributed by atoms with Gasteiger partial charge in [0, 0.05) is 41.3 Å². The van der Waals surface area contributed by atoms with Crippen LogP contribution in [-0.4, -0.2) is 38.7 Å². The number of alkyl halides is 2. The molecule has 3 aliphatic rings. The third-order valence-corrected chi connectivity index (χ3v) is 7.26.